The SMILES string of the molecule is CC(=O)N(C)c1ccc(NCC2CCOCC2)c(NC(=O)C(C)(F)F)c1. The Morgan fingerprint density at radius 1 is 1.27 bits per heavy atom. The van der Waals surface area contributed by atoms with Gasteiger partial charge in [-0.05, 0) is 37.0 Å². The van der Waals surface area contributed by atoms with Crippen molar-refractivity contribution in [1.29, 1.82) is 0 Å². The molecule has 0 bridgehead atoms. The molecule has 6 nitrogen and oxygen atoms in total. The van der Waals surface area contributed by atoms with Crippen LogP contribution in [-0.4, -0.2) is 44.5 Å². The van der Waals surface area contributed by atoms with E-state index < -0.39 is 11.8 Å². The van der Waals surface area contributed by atoms with Gasteiger partial charge in [0.15, 0.2) is 0 Å². The molecule has 26 heavy (non-hydrogen) atoms. The van der Waals surface area contributed by atoms with Crippen molar-refractivity contribution in [2.45, 2.75) is 32.6 Å². The molecule has 0 saturated carbocycles. The Labute approximate surface area is 151 Å². The van der Waals surface area contributed by atoms with Crippen LogP contribution < -0.4 is 15.5 Å². The summed E-state index contributed by atoms with van der Waals surface area (Å²) in [6.07, 6.45) is 1.85. The van der Waals surface area contributed by atoms with Gasteiger partial charge in [-0.3, -0.25) is 9.59 Å². The van der Waals surface area contributed by atoms with Crippen LogP contribution in [0, 0.1) is 5.92 Å². The average Bonchev–Trinajstić information content (AvgIpc) is 2.59. The lowest BCUT2D eigenvalue weighted by Crippen LogP contribution is -2.32. The summed E-state index contributed by atoms with van der Waals surface area (Å²) in [7, 11) is 1.58. The molecule has 144 valence electrons. The lowest BCUT2D eigenvalue weighted by molar-refractivity contribution is -0.137. The second kappa shape index (κ2) is 8.44. The molecule has 0 radical (unpaired) electrons. The number of ether oxygens (including phenoxy) is 1. The molecule has 2 amide bonds. The second-order valence-electron chi connectivity index (χ2n) is 6.59. The number of hydrogen-bond acceptors (Lipinski definition) is 4. The van der Waals surface area contributed by atoms with Gasteiger partial charge in [0.2, 0.25) is 5.91 Å². The van der Waals surface area contributed by atoms with Crippen LogP contribution in [0.25, 0.3) is 0 Å². The molecule has 1 aliphatic rings. The zero-order valence-electron chi connectivity index (χ0n) is 15.3. The summed E-state index contributed by atoms with van der Waals surface area (Å²) < 4.78 is 31.9. The van der Waals surface area contributed by atoms with Crippen molar-refractivity contribution in [2.75, 3.05) is 42.3 Å². The predicted octanol–water partition coefficient (Wildman–Crippen LogP) is 3.10. The molecular formula is C18H25F2N3O3. The first kappa shape index (κ1) is 20.1. The first-order valence-corrected chi connectivity index (χ1v) is 8.57. The molecule has 8 heteroatoms. The van der Waals surface area contributed by atoms with Crippen LogP contribution >= 0.6 is 0 Å². The highest BCUT2D eigenvalue weighted by molar-refractivity contribution is 6.00. The monoisotopic (exact) mass is 369 g/mol. The number of hydrogen-bond donors (Lipinski definition) is 2. The summed E-state index contributed by atoms with van der Waals surface area (Å²) in [5.74, 6) is -4.68. The molecule has 2 rings (SSSR count). The number of halogens is 2. The Balaban J connectivity index is 2.20. The van der Waals surface area contributed by atoms with Crippen molar-refractivity contribution in [3.63, 3.8) is 0 Å². The molecule has 1 saturated heterocycles. The number of nitrogens with one attached hydrogen (secondary N) is 2. The lowest BCUT2D eigenvalue weighted by atomic mass is 10.0. The first-order chi connectivity index (χ1) is 12.2. The van der Waals surface area contributed by atoms with Crippen LogP contribution in [0.1, 0.15) is 26.7 Å². The Hall–Kier alpha value is -2.22. The molecule has 0 unspecified atom stereocenters. The third-order valence-electron chi connectivity index (χ3n) is 4.43. The minimum Gasteiger partial charge on any atom is -0.383 e. The molecular weight excluding hydrogens is 344 g/mol. The van der Waals surface area contributed by atoms with Crippen molar-refractivity contribution < 1.29 is 23.1 Å². The molecule has 1 fully saturated rings. The van der Waals surface area contributed by atoms with Gasteiger partial charge in [-0.1, -0.05) is 0 Å². The predicted molar refractivity (Wildman–Crippen MR) is 96.8 cm³/mol. The van der Waals surface area contributed by atoms with E-state index in [1.54, 1.807) is 19.2 Å². The molecule has 1 heterocycles. The third-order valence-corrected chi connectivity index (χ3v) is 4.43. The van der Waals surface area contributed by atoms with Gasteiger partial charge in [-0.25, -0.2) is 0 Å². The van der Waals surface area contributed by atoms with Crippen molar-refractivity contribution in [3.8, 4) is 0 Å². The summed E-state index contributed by atoms with van der Waals surface area (Å²) in [6, 6.07) is 4.89. The lowest BCUT2D eigenvalue weighted by Gasteiger charge is -2.24. The number of rotatable bonds is 6. The fourth-order valence-electron chi connectivity index (χ4n) is 2.62. The Morgan fingerprint density at radius 3 is 2.50 bits per heavy atom. The van der Waals surface area contributed by atoms with E-state index >= 15 is 0 Å². The Kier molecular flexibility index (Phi) is 6.52. The highest BCUT2D eigenvalue weighted by atomic mass is 19.3. The van der Waals surface area contributed by atoms with E-state index in [1.165, 1.54) is 17.9 Å². The average molecular weight is 369 g/mol. The zero-order chi connectivity index (χ0) is 19.3. The van der Waals surface area contributed by atoms with E-state index in [-0.39, 0.29) is 11.6 Å². The zero-order valence-corrected chi connectivity index (χ0v) is 15.3. The second-order valence-corrected chi connectivity index (χ2v) is 6.59. The van der Waals surface area contributed by atoms with Crippen LogP contribution in [0.4, 0.5) is 25.8 Å². The van der Waals surface area contributed by atoms with Crippen molar-refractivity contribution in [1.82, 2.24) is 0 Å². The minimum atomic E-state index is -3.50. The van der Waals surface area contributed by atoms with Gasteiger partial charge in [0, 0.05) is 46.3 Å². The number of benzene rings is 1. The molecule has 0 aromatic heterocycles. The topological polar surface area (TPSA) is 70.7 Å². The fourth-order valence-corrected chi connectivity index (χ4v) is 2.62. The summed E-state index contributed by atoms with van der Waals surface area (Å²) in [5, 5.41) is 5.47. The van der Waals surface area contributed by atoms with Crippen LogP contribution in [0.3, 0.4) is 0 Å². The highest BCUT2D eigenvalue weighted by Crippen LogP contribution is 2.30. The van der Waals surface area contributed by atoms with Crippen LogP contribution in [0.5, 0.6) is 0 Å². The largest absolute Gasteiger partial charge is 0.383 e. The summed E-state index contributed by atoms with van der Waals surface area (Å²) >= 11 is 0. The third kappa shape index (κ3) is 5.39. The Morgan fingerprint density at radius 2 is 1.92 bits per heavy atom. The van der Waals surface area contributed by atoms with Crippen molar-refractivity contribution >= 4 is 28.9 Å². The number of nitrogens with zero attached hydrogens (tertiary/aromatic N) is 1. The molecule has 0 spiro atoms. The maximum atomic E-state index is 13.3. The maximum Gasteiger partial charge on any atom is 0.322 e. The van der Waals surface area contributed by atoms with E-state index in [1.807, 2.05) is 0 Å². The van der Waals surface area contributed by atoms with Gasteiger partial charge in [-0.2, -0.15) is 8.78 Å². The molecule has 1 aromatic carbocycles. The van der Waals surface area contributed by atoms with Crippen LogP contribution in [-0.2, 0) is 14.3 Å². The van der Waals surface area contributed by atoms with E-state index in [9.17, 15) is 18.4 Å². The van der Waals surface area contributed by atoms with E-state index in [0.717, 1.165) is 12.8 Å². The molecule has 1 aliphatic heterocycles. The van der Waals surface area contributed by atoms with Gasteiger partial charge in [0.25, 0.3) is 5.91 Å². The summed E-state index contributed by atoms with van der Waals surface area (Å²) in [4.78, 5) is 24.6. The summed E-state index contributed by atoms with van der Waals surface area (Å²) in [6.45, 7) is 4.01. The molecule has 1 aromatic rings. The van der Waals surface area contributed by atoms with Crippen molar-refractivity contribution in [3.05, 3.63) is 18.2 Å². The Bertz CT molecular complexity index is 656. The fraction of sp³-hybridized carbons (Fsp3) is 0.556. The van der Waals surface area contributed by atoms with Gasteiger partial charge < -0.3 is 20.3 Å². The minimum absolute atomic E-state index is 0.203. The quantitative estimate of drug-likeness (QED) is 0.808. The number of alkyl halides is 2. The number of carbonyl (C=O) groups excluding carboxylic acids is 2. The molecule has 0 atom stereocenters. The maximum absolute atomic E-state index is 13.3. The van der Waals surface area contributed by atoms with E-state index in [2.05, 4.69) is 10.6 Å². The van der Waals surface area contributed by atoms with E-state index in [0.29, 0.717) is 44.0 Å². The van der Waals surface area contributed by atoms with Crippen LogP contribution in [0.2, 0.25) is 0 Å². The smallest absolute Gasteiger partial charge is 0.322 e. The van der Waals surface area contributed by atoms with Gasteiger partial charge in [0.05, 0.1) is 11.4 Å². The highest BCUT2D eigenvalue weighted by Gasteiger charge is 2.32. The molecule has 0 aliphatic carbocycles. The van der Waals surface area contributed by atoms with Gasteiger partial charge in [-0.15, -0.1) is 0 Å². The van der Waals surface area contributed by atoms with Gasteiger partial charge in [0.1, 0.15) is 0 Å². The summed E-state index contributed by atoms with van der Waals surface area (Å²) in [5.41, 5.74) is 1.26. The number of carbonyl (C=O) groups is 2. The molecule has 2 N–H and O–H groups in total. The van der Waals surface area contributed by atoms with Gasteiger partial charge >= 0.3 is 5.92 Å². The first-order valence-electron chi connectivity index (χ1n) is 8.57. The normalized spacial score (nSPS) is 15.4. The van der Waals surface area contributed by atoms with Crippen molar-refractivity contribution in [2.24, 2.45) is 5.92 Å². The van der Waals surface area contributed by atoms with Crippen LogP contribution in [0.15, 0.2) is 18.2 Å². The number of amides is 2. The standard InChI is InChI=1S/C18H25F2N3O3/c1-12(24)23(3)14-4-5-15(21-11-13-6-8-26-9-7-13)16(10-14)22-17(25)18(2,19)20/h4-5,10,13,21H,6-9,11H2,1-3H3,(H,22,25). The number of anilines is 3. The van der Waals surface area contributed by atoms with E-state index in [4.69, 9.17) is 4.74 Å².